The number of nitrogens with two attached hydrogens (primary N) is 1. The van der Waals surface area contributed by atoms with E-state index in [9.17, 15) is 24.3 Å². The second-order valence-electron chi connectivity index (χ2n) is 7.16. The van der Waals surface area contributed by atoms with Crippen LogP contribution in [-0.2, 0) is 28.7 Å². The number of hydrogen-bond donors (Lipinski definition) is 4. The minimum Gasteiger partial charge on any atom is -0.480 e. The van der Waals surface area contributed by atoms with E-state index in [1.807, 2.05) is 13.8 Å². The van der Waals surface area contributed by atoms with Crippen LogP contribution in [0, 0.1) is 5.92 Å². The van der Waals surface area contributed by atoms with Gasteiger partial charge in [0.25, 0.3) is 0 Å². The maximum atomic E-state index is 12.6. The van der Waals surface area contributed by atoms with Crippen LogP contribution in [0.1, 0.15) is 39.5 Å². The summed E-state index contributed by atoms with van der Waals surface area (Å²) in [5, 5.41) is 14.2. The van der Waals surface area contributed by atoms with Gasteiger partial charge >= 0.3 is 12.2 Å². The Balaban J connectivity index is 4.68. The minimum atomic E-state index is -1.33. The molecule has 0 aromatic carbocycles. The van der Waals surface area contributed by atoms with Crippen LogP contribution in [0.5, 0.6) is 0 Å². The van der Waals surface area contributed by atoms with E-state index in [2.05, 4.69) is 15.4 Å². The van der Waals surface area contributed by atoms with Crippen LogP contribution >= 0.6 is 0 Å². The van der Waals surface area contributed by atoms with Crippen molar-refractivity contribution in [3.05, 3.63) is 5.53 Å². The van der Waals surface area contributed by atoms with Crippen molar-refractivity contribution in [2.75, 3.05) is 33.0 Å². The zero-order valence-electron chi connectivity index (χ0n) is 18.0. The van der Waals surface area contributed by atoms with Crippen molar-refractivity contribution < 1.29 is 38.5 Å². The zero-order valence-corrected chi connectivity index (χ0v) is 18.0. The number of carboxylic acid groups (broad SMARTS) is 1. The Kier molecular flexibility index (Phi) is 15.6. The monoisotopic (exact) mass is 443 g/mol. The van der Waals surface area contributed by atoms with Gasteiger partial charge in [0.1, 0.15) is 12.1 Å². The van der Waals surface area contributed by atoms with Gasteiger partial charge in [-0.2, -0.15) is 4.79 Å². The number of nitrogens with one attached hydrogen (secondary N) is 2. The number of nitrogens with zero attached hydrogens (tertiary/aromatic N) is 2. The lowest BCUT2D eigenvalue weighted by Crippen LogP contribution is -2.52. The number of amides is 2. The first kappa shape index (κ1) is 28.3. The molecule has 0 aliphatic carbocycles. The molecule has 0 heterocycles. The van der Waals surface area contributed by atoms with Gasteiger partial charge in [0.2, 0.25) is 17.6 Å². The normalized spacial score (nSPS) is 12.5. The Bertz CT molecular complexity index is 635. The molecule has 12 heteroatoms. The Morgan fingerprint density at radius 3 is 2.23 bits per heavy atom. The molecule has 5 N–H and O–H groups in total. The van der Waals surface area contributed by atoms with Gasteiger partial charge in [-0.1, -0.05) is 13.8 Å². The molecule has 0 aromatic heterocycles. The molecule has 2 amide bonds. The Labute approximate surface area is 181 Å². The van der Waals surface area contributed by atoms with Crippen LogP contribution in [0.4, 0.5) is 0 Å². The summed E-state index contributed by atoms with van der Waals surface area (Å²) >= 11 is 0. The molecule has 0 aliphatic heterocycles. The van der Waals surface area contributed by atoms with Gasteiger partial charge in [-0.05, 0) is 18.8 Å². The van der Waals surface area contributed by atoms with Crippen molar-refractivity contribution in [3.8, 4) is 0 Å². The second-order valence-corrected chi connectivity index (χ2v) is 7.16. The van der Waals surface area contributed by atoms with Crippen molar-refractivity contribution >= 4 is 29.8 Å². The average molecular weight is 444 g/mol. The van der Waals surface area contributed by atoms with Crippen LogP contribution in [-0.4, -0.2) is 84.7 Å². The predicted molar refractivity (Wildman–Crippen MR) is 110 cm³/mol. The highest BCUT2D eigenvalue weighted by molar-refractivity contribution is 6.25. The van der Waals surface area contributed by atoms with Gasteiger partial charge < -0.3 is 36.5 Å². The molecule has 0 aromatic rings. The summed E-state index contributed by atoms with van der Waals surface area (Å²) < 4.78 is 10.4. The van der Waals surface area contributed by atoms with Gasteiger partial charge in [-0.15, -0.1) is 0 Å². The summed E-state index contributed by atoms with van der Waals surface area (Å²) in [6.45, 7) is 5.37. The van der Waals surface area contributed by atoms with Crippen LogP contribution in [0.2, 0.25) is 0 Å². The number of ether oxygens (including phenoxy) is 2. The van der Waals surface area contributed by atoms with Crippen molar-refractivity contribution in [1.82, 2.24) is 10.6 Å². The number of carbonyl (C=O) groups is 4. The van der Waals surface area contributed by atoms with E-state index in [4.69, 9.17) is 20.7 Å². The molecule has 0 aliphatic rings. The van der Waals surface area contributed by atoms with Crippen molar-refractivity contribution in [2.24, 2.45) is 11.7 Å². The Hall–Kier alpha value is -2.66. The third kappa shape index (κ3) is 14.9. The van der Waals surface area contributed by atoms with Crippen LogP contribution < -0.4 is 16.4 Å². The zero-order chi connectivity index (χ0) is 23.6. The lowest BCUT2D eigenvalue weighted by Gasteiger charge is -2.22. The molecule has 12 nitrogen and oxygen atoms in total. The van der Waals surface area contributed by atoms with E-state index < -0.39 is 35.7 Å². The smallest absolute Gasteiger partial charge is 0.326 e. The number of carboxylic acids is 1. The van der Waals surface area contributed by atoms with Crippen LogP contribution in [0.3, 0.4) is 0 Å². The third-order valence-corrected chi connectivity index (χ3v) is 3.96. The highest BCUT2D eigenvalue weighted by Crippen LogP contribution is 2.07. The van der Waals surface area contributed by atoms with Crippen molar-refractivity contribution in [1.29, 1.82) is 0 Å². The topological polar surface area (TPSA) is 193 Å². The maximum Gasteiger partial charge on any atom is 0.326 e. The first-order valence-electron chi connectivity index (χ1n) is 10.1. The molecule has 0 radical (unpaired) electrons. The van der Waals surface area contributed by atoms with Gasteiger partial charge in [-0.3, -0.25) is 14.4 Å². The Morgan fingerprint density at radius 2 is 1.68 bits per heavy atom. The number of ketones is 1. The molecular weight excluding hydrogens is 410 g/mol. The molecule has 2 unspecified atom stereocenters. The first-order chi connectivity index (χ1) is 14.7. The SMILES string of the molecule is CC(C)CC(NC(=O)CCOCCOCCN)C(=O)NC(CCC(=O)C=[N+]=[N-])C(=O)O. The second kappa shape index (κ2) is 17.1. The van der Waals surface area contributed by atoms with Gasteiger partial charge in [0.15, 0.2) is 0 Å². The van der Waals surface area contributed by atoms with E-state index in [0.29, 0.717) is 39.0 Å². The van der Waals surface area contributed by atoms with Crippen LogP contribution in [0.15, 0.2) is 0 Å². The quantitative estimate of drug-likeness (QED) is 0.0907. The number of Topliss-reactive ketones (excluding diaryl/α,β-unsaturated/α-hetero) is 1. The fourth-order valence-corrected chi connectivity index (χ4v) is 2.48. The van der Waals surface area contributed by atoms with Gasteiger partial charge in [-0.25, -0.2) is 4.79 Å². The van der Waals surface area contributed by atoms with E-state index in [-0.39, 0.29) is 31.8 Å². The number of carbonyl (C=O) groups excluding carboxylic acids is 3. The van der Waals surface area contributed by atoms with E-state index in [1.165, 1.54) is 0 Å². The standard InChI is InChI=1S/C19H33N5O7/c1-13(2)11-16(23-17(26)5-7-30-9-10-31-8-6-20)18(27)24-15(19(28)29)4-3-14(25)12-22-21/h12-13,15-16H,3-11,20H2,1-2H3,(H,23,26)(H,24,27)(H,28,29). The lowest BCUT2D eigenvalue weighted by atomic mass is 10.0. The number of rotatable bonds is 18. The van der Waals surface area contributed by atoms with E-state index in [1.54, 1.807) is 0 Å². The highest BCUT2D eigenvalue weighted by atomic mass is 16.5. The fraction of sp³-hybridized carbons (Fsp3) is 0.737. The Morgan fingerprint density at radius 1 is 1.03 bits per heavy atom. The van der Waals surface area contributed by atoms with Crippen molar-refractivity contribution in [3.63, 3.8) is 0 Å². The van der Waals surface area contributed by atoms with E-state index in [0.717, 1.165) is 0 Å². The maximum absolute atomic E-state index is 12.6. The largest absolute Gasteiger partial charge is 0.480 e. The third-order valence-electron chi connectivity index (χ3n) is 3.96. The molecule has 0 fully saturated rings. The molecule has 0 rings (SSSR count). The molecule has 0 saturated heterocycles. The number of hydrogen-bond acceptors (Lipinski definition) is 7. The molecular formula is C19H33N5O7. The van der Waals surface area contributed by atoms with Gasteiger partial charge in [0, 0.05) is 19.4 Å². The molecule has 2 atom stereocenters. The van der Waals surface area contributed by atoms with Crippen LogP contribution in [0.25, 0.3) is 5.53 Å². The molecule has 0 saturated carbocycles. The fourth-order valence-electron chi connectivity index (χ4n) is 2.48. The highest BCUT2D eigenvalue weighted by Gasteiger charge is 2.27. The summed E-state index contributed by atoms with van der Waals surface area (Å²) in [6.07, 6.45) is 0.571. The summed E-state index contributed by atoms with van der Waals surface area (Å²) in [4.78, 5) is 50.1. The van der Waals surface area contributed by atoms with Gasteiger partial charge in [0.05, 0.1) is 26.4 Å². The molecule has 0 bridgehead atoms. The molecule has 31 heavy (non-hydrogen) atoms. The first-order valence-corrected chi connectivity index (χ1v) is 10.1. The predicted octanol–water partition coefficient (Wildman–Crippen LogP) is -0.881. The van der Waals surface area contributed by atoms with E-state index >= 15 is 0 Å². The molecule has 176 valence electrons. The molecule has 0 spiro atoms. The average Bonchev–Trinajstić information content (AvgIpc) is 2.69. The number of aliphatic carboxylic acids is 1. The summed E-state index contributed by atoms with van der Waals surface area (Å²) in [7, 11) is 0. The lowest BCUT2D eigenvalue weighted by molar-refractivity contribution is -0.142. The summed E-state index contributed by atoms with van der Waals surface area (Å²) in [6, 6.07) is -2.26. The van der Waals surface area contributed by atoms with Crippen molar-refractivity contribution in [2.45, 2.75) is 51.6 Å². The summed E-state index contributed by atoms with van der Waals surface area (Å²) in [5.41, 5.74) is 13.6. The summed E-state index contributed by atoms with van der Waals surface area (Å²) in [5.74, 6) is -2.92. The minimum absolute atomic E-state index is 0.0239.